The van der Waals surface area contributed by atoms with Crippen LogP contribution in [0.5, 0.6) is 0 Å². The Morgan fingerprint density at radius 2 is 0.776 bits per heavy atom. The van der Waals surface area contributed by atoms with Gasteiger partial charge in [0.15, 0.2) is 6.34 Å². The third-order valence-electron chi connectivity index (χ3n) is 11.0. The molecule has 472 valence electrons. The quantitative estimate of drug-likeness (QED) is 0.0395. The number of aliphatic hydroxyl groups is 1. The van der Waals surface area contributed by atoms with Crippen LogP contribution in [0.15, 0.2) is 0 Å². The molecule has 0 spiro atoms. The van der Waals surface area contributed by atoms with Crippen molar-refractivity contribution in [1.82, 2.24) is 19.6 Å². The van der Waals surface area contributed by atoms with E-state index in [0.717, 1.165) is 55.9 Å². The van der Waals surface area contributed by atoms with Crippen molar-refractivity contribution in [2.45, 2.75) is 224 Å². The zero-order chi connectivity index (χ0) is 62.7. The summed E-state index contributed by atoms with van der Waals surface area (Å²) in [5.41, 5.74) is 0. The van der Waals surface area contributed by atoms with Crippen LogP contribution in [-0.4, -0.2) is 208 Å². The molecule has 24 heteroatoms. The first kappa shape index (κ1) is 95.1. The lowest BCUT2D eigenvalue weighted by Gasteiger charge is -2.34. The molecule has 3 N–H and O–H groups in total. The molecule has 0 aliphatic heterocycles. The number of aliphatic hydroxyl groups excluding tert-OH is 1. The molecule has 76 heavy (non-hydrogen) atoms. The van der Waals surface area contributed by atoms with Crippen LogP contribution in [0.3, 0.4) is 0 Å². The molecule has 0 amide bonds. The summed E-state index contributed by atoms with van der Waals surface area (Å²) in [6.45, 7) is 63.1. The Morgan fingerprint density at radius 1 is 0.500 bits per heavy atom. The SMILES string of the molecule is CC(C)N(CCS)C(C)C.CC(C)N(CCSP(C)(=O)O)C(C)C.CCO.CCOC(C)(C)[P@@](C)(=O)SCCN(C(C)C)C(C)C.CCOP(C)(=O)O.CCO[P@@](C)(=O)C(C)(C)SCCN(C(C)C)C(C)C.CP.CP. The molecule has 0 radical (unpaired) electrons. The van der Waals surface area contributed by atoms with E-state index in [1.165, 1.54) is 18.0 Å². The maximum absolute atomic E-state index is 12.8. The van der Waals surface area contributed by atoms with E-state index in [9.17, 15) is 18.3 Å². The van der Waals surface area contributed by atoms with Crippen LogP contribution >= 0.6 is 93.5 Å². The second-order valence-corrected chi connectivity index (χ2v) is 39.5. The highest BCUT2D eigenvalue weighted by Gasteiger charge is 2.38. The van der Waals surface area contributed by atoms with E-state index in [2.05, 4.69) is 166 Å². The van der Waals surface area contributed by atoms with Gasteiger partial charge in [-0.3, -0.25) is 33.3 Å². The second kappa shape index (κ2) is 53.3. The van der Waals surface area contributed by atoms with Crippen LogP contribution in [0.1, 0.15) is 166 Å². The van der Waals surface area contributed by atoms with E-state index in [0.29, 0.717) is 68.2 Å². The fraction of sp³-hybridized carbons (Fsp3) is 1.00. The number of hydrogen-bond acceptors (Lipinski definition) is 16. The van der Waals surface area contributed by atoms with Crippen molar-refractivity contribution in [2.24, 2.45) is 0 Å². The molecular weight excluding hydrogens is 1150 g/mol. The molecule has 0 bridgehead atoms. The minimum absolute atomic E-state index is 0.250. The Bertz CT molecular complexity index is 1450. The van der Waals surface area contributed by atoms with E-state index < -0.39 is 33.2 Å². The number of thiol groups is 1. The summed E-state index contributed by atoms with van der Waals surface area (Å²) in [6.07, 6.45) is -2.36. The van der Waals surface area contributed by atoms with Crippen LogP contribution in [0.4, 0.5) is 0 Å². The van der Waals surface area contributed by atoms with E-state index in [-0.39, 0.29) is 11.1 Å². The molecule has 0 aliphatic rings. The minimum Gasteiger partial charge on any atom is -0.397 e. The molecular formula is C52H130N4O10P6S4. The average molecular weight is 1290 g/mol. The molecule has 0 rings (SSSR count). The number of nitrogens with zero attached hydrogens (tertiary/aromatic N) is 4. The molecule has 0 saturated carbocycles. The molecule has 0 heterocycles. The zero-order valence-corrected chi connectivity index (χ0v) is 63.9. The van der Waals surface area contributed by atoms with Gasteiger partial charge in [-0.05, 0) is 166 Å². The van der Waals surface area contributed by atoms with Gasteiger partial charge in [0.05, 0.1) is 17.7 Å². The smallest absolute Gasteiger partial charge is 0.325 e. The molecule has 4 unspecified atom stereocenters. The van der Waals surface area contributed by atoms with Gasteiger partial charge in [-0.1, -0.05) is 36.1 Å². The maximum Gasteiger partial charge on any atom is 0.325 e. The first-order chi connectivity index (χ1) is 34.4. The Labute approximate surface area is 496 Å². The number of thioether (sulfide) groups is 1. The Kier molecular flexibility index (Phi) is 66.7. The summed E-state index contributed by atoms with van der Waals surface area (Å²) in [4.78, 5) is 27.1. The molecule has 0 fully saturated rings. The van der Waals surface area contributed by atoms with Crippen molar-refractivity contribution >= 4 is 93.5 Å². The van der Waals surface area contributed by atoms with Gasteiger partial charge in [0.2, 0.25) is 7.37 Å². The molecule has 0 aromatic carbocycles. The second-order valence-electron chi connectivity index (χ2n) is 20.7. The van der Waals surface area contributed by atoms with Gasteiger partial charge < -0.3 is 33.2 Å². The lowest BCUT2D eigenvalue weighted by Crippen LogP contribution is -2.39. The van der Waals surface area contributed by atoms with Gasteiger partial charge in [-0.15, -0.1) is 30.2 Å². The summed E-state index contributed by atoms with van der Waals surface area (Å²) in [6, 6.07) is 4.41. The zero-order valence-electron chi connectivity index (χ0n) is 54.7. The Morgan fingerprint density at radius 3 is 0.987 bits per heavy atom. The van der Waals surface area contributed by atoms with Crippen LogP contribution in [0.25, 0.3) is 0 Å². The standard InChI is InChI=1S/2C14H32NO2PS.C9H22NO2PS.C8H19NS.C3H9O3P.C2H6O.2CH5P/c1-9-17-18(8,16)14(6,7)19-11-10-15(12(2)3)13(4)5;1-9-17-14(6,7)18(8,16)19-11-10-15(12(2)3)13(4)5;1-8(2)10(9(3)4)6-7-14-13(5,11)12;1-7(2)9(5-6-10)8(3)4;1-3-6-7(2,4)5;1-2-3;2*1-2/h2*12-13H,9-11H2,1-8H3;8-9H,6-7H2,1-5H3,(H,11,12);7-8,10H,5-6H2,1-4H3;3H2,1-2H3,(H,4,5);3H,2H2,1H3;2*2H2,1H3/t2*18-;;;;;;/m10....../s1. The molecule has 0 aliphatic carbocycles. The third kappa shape index (κ3) is 55.9. The predicted molar refractivity (Wildman–Crippen MR) is 365 cm³/mol. The van der Waals surface area contributed by atoms with Crippen molar-refractivity contribution in [2.75, 3.05) is 116 Å². The molecule has 0 aromatic heterocycles. The number of hydrogen-bond donors (Lipinski definition) is 4. The van der Waals surface area contributed by atoms with Crippen LogP contribution in [-0.2, 0) is 32.0 Å². The van der Waals surface area contributed by atoms with E-state index in [1.54, 1.807) is 43.7 Å². The van der Waals surface area contributed by atoms with Gasteiger partial charge in [0.1, 0.15) is 5.34 Å². The van der Waals surface area contributed by atoms with Crippen molar-refractivity contribution in [3.8, 4) is 0 Å². The van der Waals surface area contributed by atoms with Crippen molar-refractivity contribution in [3.63, 3.8) is 0 Å². The lowest BCUT2D eigenvalue weighted by molar-refractivity contribution is 0.0546. The summed E-state index contributed by atoms with van der Waals surface area (Å²) >= 11 is 8.71. The summed E-state index contributed by atoms with van der Waals surface area (Å²) < 4.78 is 61.6. The van der Waals surface area contributed by atoms with Gasteiger partial charge >= 0.3 is 7.60 Å². The normalized spacial score (nSPS) is 14.9. The highest BCUT2D eigenvalue weighted by molar-refractivity contribution is 8.58. The Hall–Kier alpha value is 2.78. The van der Waals surface area contributed by atoms with Crippen LogP contribution in [0, 0.1) is 0 Å². The van der Waals surface area contributed by atoms with Crippen molar-refractivity contribution in [3.05, 3.63) is 0 Å². The minimum atomic E-state index is -3.17. The molecule has 0 saturated heterocycles. The summed E-state index contributed by atoms with van der Waals surface area (Å²) in [7, 11) is -0.891. The first-order valence-corrected chi connectivity index (χ1v) is 42.9. The third-order valence-corrected chi connectivity index (χ3v) is 26.3. The average Bonchev–Trinajstić information content (AvgIpc) is 3.25. The highest BCUT2D eigenvalue weighted by Crippen LogP contribution is 2.65. The van der Waals surface area contributed by atoms with Gasteiger partial charge in [-0.2, -0.15) is 12.6 Å². The van der Waals surface area contributed by atoms with Crippen LogP contribution in [0.2, 0.25) is 0 Å². The molecule has 6 atom stereocenters. The van der Waals surface area contributed by atoms with Crippen molar-refractivity contribution < 1.29 is 46.9 Å². The first-order valence-electron chi connectivity index (χ1n) is 27.4. The highest BCUT2D eigenvalue weighted by atomic mass is 32.7. The molecule has 0 aromatic rings. The van der Waals surface area contributed by atoms with Gasteiger partial charge in [-0.25, -0.2) is 0 Å². The summed E-state index contributed by atoms with van der Waals surface area (Å²) in [5.74, 6) is 3.55. The van der Waals surface area contributed by atoms with E-state index >= 15 is 0 Å². The fourth-order valence-electron chi connectivity index (χ4n) is 6.99. The fourth-order valence-corrected chi connectivity index (χ4v) is 16.3. The maximum atomic E-state index is 12.8. The molecule has 14 nitrogen and oxygen atoms in total. The Balaban J connectivity index is -0.000000127. The van der Waals surface area contributed by atoms with E-state index in [1.807, 2.05) is 61.5 Å². The van der Waals surface area contributed by atoms with Crippen LogP contribution < -0.4 is 0 Å². The lowest BCUT2D eigenvalue weighted by atomic mass is 10.2. The van der Waals surface area contributed by atoms with Crippen molar-refractivity contribution in [1.29, 1.82) is 0 Å². The predicted octanol–water partition coefficient (Wildman–Crippen LogP) is 15.5. The number of ether oxygens (including phenoxy) is 1. The van der Waals surface area contributed by atoms with E-state index in [4.69, 9.17) is 24.2 Å². The van der Waals surface area contributed by atoms with Gasteiger partial charge in [0, 0.05) is 137 Å². The number of rotatable bonds is 30. The topological polar surface area (TPSA) is 170 Å². The largest absolute Gasteiger partial charge is 0.397 e. The monoisotopic (exact) mass is 1280 g/mol. The van der Waals surface area contributed by atoms with Gasteiger partial charge in [0.25, 0.3) is 6.57 Å². The summed E-state index contributed by atoms with van der Waals surface area (Å²) in [5, 5.41) is 7.03.